The second kappa shape index (κ2) is 11.2. The topological polar surface area (TPSA) is 30.9 Å². The van der Waals surface area contributed by atoms with Gasteiger partial charge in [0.1, 0.15) is 5.75 Å². The van der Waals surface area contributed by atoms with Crippen LogP contribution in [0.4, 0.5) is 0 Å². The van der Waals surface area contributed by atoms with E-state index < -0.39 is 0 Å². The van der Waals surface area contributed by atoms with Gasteiger partial charge in [-0.1, -0.05) is 66.4 Å². The molecule has 0 aliphatic carbocycles. The average molecular weight is 490 g/mol. The molecule has 186 valence electrons. The molecule has 0 aromatic heterocycles. The Kier molecular flexibility index (Phi) is 7.44. The van der Waals surface area contributed by atoms with E-state index in [-0.39, 0.29) is 6.04 Å². The first-order valence-corrected chi connectivity index (χ1v) is 12.5. The lowest BCUT2D eigenvalue weighted by Crippen LogP contribution is -2.31. The number of rotatable bonds is 5. The maximum atomic E-state index is 5.67. The van der Waals surface area contributed by atoms with Gasteiger partial charge in [-0.05, 0) is 70.6 Å². The van der Waals surface area contributed by atoms with Crippen LogP contribution < -0.4 is 14.2 Å². The molecule has 4 nitrogen and oxygen atoms in total. The molecule has 1 atom stereocenters. The zero-order valence-electron chi connectivity index (χ0n) is 21.5. The molecule has 4 heteroatoms. The Bertz CT molecular complexity index is 1420. The van der Waals surface area contributed by atoms with E-state index in [1.165, 1.54) is 27.8 Å². The second-order valence-corrected chi connectivity index (χ2v) is 9.06. The van der Waals surface area contributed by atoms with Crippen LogP contribution in [-0.2, 0) is 13.0 Å². The van der Waals surface area contributed by atoms with Crippen molar-refractivity contribution >= 4 is 0 Å². The van der Waals surface area contributed by atoms with Crippen molar-refractivity contribution in [2.75, 3.05) is 27.9 Å². The molecule has 5 rings (SSSR count). The van der Waals surface area contributed by atoms with Gasteiger partial charge in [0.05, 0.1) is 27.4 Å². The first kappa shape index (κ1) is 24.5. The van der Waals surface area contributed by atoms with Crippen LogP contribution in [0.15, 0.2) is 91.0 Å². The lowest BCUT2D eigenvalue weighted by Gasteiger charge is -2.33. The van der Waals surface area contributed by atoms with Crippen molar-refractivity contribution in [1.29, 1.82) is 0 Å². The van der Waals surface area contributed by atoms with Crippen molar-refractivity contribution in [3.05, 3.63) is 113 Å². The zero-order chi connectivity index (χ0) is 25.6. The molecule has 0 fully saturated rings. The molecule has 4 aromatic rings. The molecule has 0 radical (unpaired) electrons. The molecular formula is C33H31NO3. The van der Waals surface area contributed by atoms with Gasteiger partial charge in [-0.25, -0.2) is 0 Å². The summed E-state index contributed by atoms with van der Waals surface area (Å²) in [5.41, 5.74) is 7.00. The number of hydrogen-bond acceptors (Lipinski definition) is 4. The maximum Gasteiger partial charge on any atom is 0.161 e. The van der Waals surface area contributed by atoms with Crippen LogP contribution in [0.3, 0.4) is 0 Å². The number of hydrogen-bond donors (Lipinski definition) is 0. The summed E-state index contributed by atoms with van der Waals surface area (Å²) < 4.78 is 16.7. The molecule has 4 aromatic carbocycles. The molecule has 1 aliphatic heterocycles. The van der Waals surface area contributed by atoms with E-state index in [4.69, 9.17) is 14.2 Å². The van der Waals surface area contributed by atoms with Gasteiger partial charge in [0.25, 0.3) is 0 Å². The molecule has 0 bridgehead atoms. The summed E-state index contributed by atoms with van der Waals surface area (Å²) in [6, 6.07) is 31.2. The van der Waals surface area contributed by atoms with Crippen LogP contribution in [0.25, 0.3) is 11.1 Å². The van der Waals surface area contributed by atoms with Crippen molar-refractivity contribution in [1.82, 2.24) is 4.90 Å². The molecule has 37 heavy (non-hydrogen) atoms. The molecule has 1 aliphatic rings. The van der Waals surface area contributed by atoms with Gasteiger partial charge >= 0.3 is 0 Å². The van der Waals surface area contributed by atoms with E-state index in [1.807, 2.05) is 30.3 Å². The third-order valence-electron chi connectivity index (χ3n) is 6.86. The summed E-state index contributed by atoms with van der Waals surface area (Å²) in [4.78, 5) is 2.47. The Morgan fingerprint density at radius 2 is 1.46 bits per heavy atom. The summed E-state index contributed by atoms with van der Waals surface area (Å²) in [5, 5.41) is 0. The summed E-state index contributed by atoms with van der Waals surface area (Å²) in [7, 11) is 5.07. The van der Waals surface area contributed by atoms with Crippen LogP contribution >= 0.6 is 0 Å². The predicted octanol–water partition coefficient (Wildman–Crippen LogP) is 6.53. The van der Waals surface area contributed by atoms with E-state index in [1.54, 1.807) is 21.3 Å². The van der Waals surface area contributed by atoms with Gasteiger partial charge in [0.2, 0.25) is 0 Å². The fraction of sp³-hybridized carbons (Fsp3) is 0.212. The van der Waals surface area contributed by atoms with E-state index in [9.17, 15) is 0 Å². The predicted molar refractivity (Wildman–Crippen MR) is 148 cm³/mol. The molecule has 1 heterocycles. The number of fused-ring (bicyclic) bond motifs is 3. The van der Waals surface area contributed by atoms with E-state index in [0.29, 0.717) is 0 Å². The normalized spacial score (nSPS) is 14.7. The molecule has 0 N–H and O–H groups in total. The van der Waals surface area contributed by atoms with Crippen LogP contribution in [0, 0.1) is 11.8 Å². The number of benzene rings is 4. The van der Waals surface area contributed by atoms with E-state index >= 15 is 0 Å². The fourth-order valence-corrected chi connectivity index (χ4v) is 4.93. The summed E-state index contributed by atoms with van der Waals surface area (Å²) in [6.45, 7) is 1.62. The lowest BCUT2D eigenvalue weighted by atomic mass is 9.87. The Morgan fingerprint density at radius 3 is 2.19 bits per heavy atom. The Balaban J connectivity index is 1.64. The molecule has 1 unspecified atom stereocenters. The minimum absolute atomic E-state index is 0.0836. The number of nitrogens with zero attached hydrogens (tertiary/aromatic N) is 1. The highest BCUT2D eigenvalue weighted by Crippen LogP contribution is 2.41. The lowest BCUT2D eigenvalue weighted by molar-refractivity contribution is 0.230. The van der Waals surface area contributed by atoms with Crippen molar-refractivity contribution in [2.24, 2.45) is 0 Å². The summed E-state index contributed by atoms with van der Waals surface area (Å²) in [5.74, 6) is 9.42. The molecular weight excluding hydrogens is 458 g/mol. The second-order valence-electron chi connectivity index (χ2n) is 9.06. The standard InChI is InChI=1S/C33H31NO3/c1-35-27-16-13-25(14-17-27)23-34-20-19-26-21-32(36-2)33(37-3)22-30(26)28-11-7-8-12-29(28)31(34)18-15-24-9-5-4-6-10-24/h4-14,16-17,21-22,31H,19-20,23H2,1-3H3. The monoisotopic (exact) mass is 489 g/mol. The van der Waals surface area contributed by atoms with E-state index in [2.05, 4.69) is 77.4 Å². The number of methoxy groups -OCH3 is 3. The van der Waals surface area contributed by atoms with Crippen LogP contribution in [-0.4, -0.2) is 32.8 Å². The highest BCUT2D eigenvalue weighted by atomic mass is 16.5. The Morgan fingerprint density at radius 1 is 0.757 bits per heavy atom. The zero-order valence-corrected chi connectivity index (χ0v) is 21.5. The van der Waals surface area contributed by atoms with Gasteiger partial charge in [-0.2, -0.15) is 0 Å². The minimum atomic E-state index is -0.0836. The average Bonchev–Trinajstić information content (AvgIpc) is 2.95. The Hall–Kier alpha value is -4.20. The van der Waals surface area contributed by atoms with Crippen molar-refractivity contribution in [3.8, 4) is 40.2 Å². The van der Waals surface area contributed by atoms with Gasteiger partial charge in [-0.3, -0.25) is 4.90 Å². The van der Waals surface area contributed by atoms with Gasteiger partial charge < -0.3 is 14.2 Å². The van der Waals surface area contributed by atoms with E-state index in [0.717, 1.165) is 42.3 Å². The van der Waals surface area contributed by atoms with Crippen LogP contribution in [0.5, 0.6) is 17.2 Å². The third kappa shape index (κ3) is 5.33. The first-order valence-electron chi connectivity index (χ1n) is 12.5. The number of ether oxygens (including phenoxy) is 3. The van der Waals surface area contributed by atoms with Crippen molar-refractivity contribution < 1.29 is 14.2 Å². The molecule has 0 saturated carbocycles. The van der Waals surface area contributed by atoms with Gasteiger partial charge in [0.15, 0.2) is 11.5 Å². The maximum absolute atomic E-state index is 5.67. The van der Waals surface area contributed by atoms with Gasteiger partial charge in [-0.15, -0.1) is 0 Å². The van der Waals surface area contributed by atoms with Crippen molar-refractivity contribution in [3.63, 3.8) is 0 Å². The Labute approximate surface area is 219 Å². The highest BCUT2D eigenvalue weighted by molar-refractivity contribution is 5.75. The molecule has 0 spiro atoms. The van der Waals surface area contributed by atoms with Gasteiger partial charge in [0, 0.05) is 18.7 Å². The van der Waals surface area contributed by atoms with Crippen LogP contribution in [0.2, 0.25) is 0 Å². The molecule has 0 amide bonds. The summed E-state index contributed by atoms with van der Waals surface area (Å²) in [6.07, 6.45) is 0.865. The largest absolute Gasteiger partial charge is 0.497 e. The molecule has 0 saturated heterocycles. The fourth-order valence-electron chi connectivity index (χ4n) is 4.93. The third-order valence-corrected chi connectivity index (χ3v) is 6.86. The van der Waals surface area contributed by atoms with Crippen LogP contribution in [0.1, 0.15) is 28.3 Å². The first-order chi connectivity index (χ1) is 18.2. The minimum Gasteiger partial charge on any atom is -0.497 e. The smallest absolute Gasteiger partial charge is 0.161 e. The van der Waals surface area contributed by atoms with Crippen molar-refractivity contribution in [2.45, 2.75) is 19.0 Å². The summed E-state index contributed by atoms with van der Waals surface area (Å²) >= 11 is 0. The highest BCUT2D eigenvalue weighted by Gasteiger charge is 2.27. The SMILES string of the molecule is COc1ccc(CN2CCc3cc(OC)c(OC)cc3-c3ccccc3C2C#Cc2ccccc2)cc1. The quantitative estimate of drug-likeness (QED) is 0.298.